The lowest BCUT2D eigenvalue weighted by Gasteiger charge is -2.04. The molecule has 82 valence electrons. The van der Waals surface area contributed by atoms with Crippen LogP contribution in [0.4, 0.5) is 13.2 Å². The maximum Gasteiger partial charge on any atom is 0.195 e. The topological polar surface area (TPSA) is 15.8 Å². The predicted molar refractivity (Wildman–Crippen MR) is 56.9 cm³/mol. The van der Waals surface area contributed by atoms with Gasteiger partial charge >= 0.3 is 0 Å². The summed E-state index contributed by atoms with van der Waals surface area (Å²) in [6, 6.07) is 5.12. The minimum Gasteiger partial charge on any atom is -0.361 e. The first kappa shape index (κ1) is 10.9. The van der Waals surface area contributed by atoms with Crippen molar-refractivity contribution in [3.8, 4) is 11.3 Å². The first-order chi connectivity index (χ1) is 7.59. The molecule has 0 unspecified atom stereocenters. The van der Waals surface area contributed by atoms with Crippen LogP contribution in [0, 0.1) is 22.0 Å². The zero-order valence-corrected chi connectivity index (χ0v) is 8.75. The molecule has 1 aromatic carbocycles. The van der Waals surface area contributed by atoms with Crippen LogP contribution in [0.15, 0.2) is 30.5 Å². The Hall–Kier alpha value is -1.62. The molecule has 0 saturated carbocycles. The highest BCUT2D eigenvalue weighted by molar-refractivity contribution is 7.71. The fourth-order valence-electron chi connectivity index (χ4n) is 1.34. The van der Waals surface area contributed by atoms with Gasteiger partial charge in [0.05, 0.1) is 0 Å². The Bertz CT molecular complexity index is 592. The monoisotopic (exact) mass is 241 g/mol. The molecule has 0 aliphatic carbocycles. The summed E-state index contributed by atoms with van der Waals surface area (Å²) in [7, 11) is 0. The Morgan fingerprint density at radius 1 is 1.00 bits per heavy atom. The zero-order valence-electron chi connectivity index (χ0n) is 7.93. The van der Waals surface area contributed by atoms with Crippen LogP contribution >= 0.6 is 12.2 Å². The number of nitrogens with one attached hydrogen (secondary N) is 1. The van der Waals surface area contributed by atoms with Gasteiger partial charge < -0.3 is 4.98 Å². The molecule has 0 atom stereocenters. The highest BCUT2D eigenvalue weighted by Gasteiger charge is 2.14. The van der Waals surface area contributed by atoms with Crippen LogP contribution in [0.3, 0.4) is 0 Å². The molecule has 0 spiro atoms. The maximum atomic E-state index is 13.4. The highest BCUT2D eigenvalue weighted by atomic mass is 32.1. The molecule has 0 saturated heterocycles. The molecule has 16 heavy (non-hydrogen) atoms. The molecular formula is C11H6F3NS. The number of aromatic nitrogens is 1. The van der Waals surface area contributed by atoms with E-state index in [1.807, 2.05) is 0 Å². The van der Waals surface area contributed by atoms with Crippen LogP contribution in [0.1, 0.15) is 0 Å². The summed E-state index contributed by atoms with van der Waals surface area (Å²) in [5.74, 6) is -3.92. The molecule has 2 rings (SSSR count). The average Bonchev–Trinajstić information content (AvgIpc) is 2.26. The SMILES string of the molecule is Fc1ccc(-c2cc(=S)cc[nH]2)c(F)c1F. The lowest BCUT2D eigenvalue weighted by molar-refractivity contribution is 0.449. The molecule has 0 radical (unpaired) electrons. The number of hydrogen-bond donors (Lipinski definition) is 1. The predicted octanol–water partition coefficient (Wildman–Crippen LogP) is 3.83. The minimum absolute atomic E-state index is 0.0504. The molecule has 1 heterocycles. The Kier molecular flexibility index (Phi) is 2.78. The fraction of sp³-hybridized carbons (Fsp3) is 0. The van der Waals surface area contributed by atoms with Gasteiger partial charge in [-0.2, -0.15) is 0 Å². The molecular weight excluding hydrogens is 235 g/mol. The highest BCUT2D eigenvalue weighted by Crippen LogP contribution is 2.24. The van der Waals surface area contributed by atoms with Gasteiger partial charge in [-0.25, -0.2) is 13.2 Å². The van der Waals surface area contributed by atoms with Crippen molar-refractivity contribution in [1.29, 1.82) is 0 Å². The number of pyridine rings is 1. The molecule has 0 aliphatic heterocycles. The van der Waals surface area contributed by atoms with Crippen LogP contribution in [-0.2, 0) is 0 Å². The quantitative estimate of drug-likeness (QED) is 0.592. The van der Waals surface area contributed by atoms with Gasteiger partial charge in [0.2, 0.25) is 0 Å². The molecule has 1 aromatic heterocycles. The van der Waals surface area contributed by atoms with Gasteiger partial charge in [0.1, 0.15) is 0 Å². The molecule has 0 bridgehead atoms. The number of hydrogen-bond acceptors (Lipinski definition) is 1. The first-order valence-electron chi connectivity index (χ1n) is 4.42. The van der Waals surface area contributed by atoms with Crippen LogP contribution in [0.5, 0.6) is 0 Å². The van der Waals surface area contributed by atoms with Crippen LogP contribution in [0.25, 0.3) is 11.3 Å². The second-order valence-corrected chi connectivity index (χ2v) is 3.63. The Morgan fingerprint density at radius 3 is 2.44 bits per heavy atom. The fourth-order valence-corrected chi connectivity index (χ4v) is 1.52. The van der Waals surface area contributed by atoms with E-state index in [0.29, 0.717) is 10.2 Å². The van der Waals surface area contributed by atoms with E-state index in [9.17, 15) is 13.2 Å². The standard InChI is InChI=1S/C11H6F3NS/c12-8-2-1-7(10(13)11(8)14)9-5-6(16)3-4-15-9/h1-5H,(H,15,16). The normalized spacial score (nSPS) is 10.4. The summed E-state index contributed by atoms with van der Waals surface area (Å²) in [5.41, 5.74) is 0.259. The third kappa shape index (κ3) is 1.86. The van der Waals surface area contributed by atoms with Crippen molar-refractivity contribution in [3.63, 3.8) is 0 Å². The molecule has 0 amide bonds. The number of benzene rings is 1. The van der Waals surface area contributed by atoms with Crippen molar-refractivity contribution in [1.82, 2.24) is 4.98 Å². The van der Waals surface area contributed by atoms with E-state index in [4.69, 9.17) is 12.2 Å². The molecule has 1 nitrogen and oxygen atoms in total. The third-order valence-electron chi connectivity index (χ3n) is 2.10. The second kappa shape index (κ2) is 4.09. The molecule has 0 aliphatic rings. The van der Waals surface area contributed by atoms with E-state index in [1.54, 1.807) is 6.07 Å². The number of H-pyrrole nitrogens is 1. The number of rotatable bonds is 1. The average molecular weight is 241 g/mol. The summed E-state index contributed by atoms with van der Waals surface area (Å²) in [6.07, 6.45) is 1.51. The van der Waals surface area contributed by atoms with E-state index >= 15 is 0 Å². The third-order valence-corrected chi connectivity index (χ3v) is 2.35. The first-order valence-corrected chi connectivity index (χ1v) is 4.83. The van der Waals surface area contributed by atoms with Crippen molar-refractivity contribution >= 4 is 12.2 Å². The Labute approximate surface area is 94.6 Å². The summed E-state index contributed by atoms with van der Waals surface area (Å²) >= 11 is 4.89. The van der Waals surface area contributed by atoms with E-state index in [-0.39, 0.29) is 5.56 Å². The lowest BCUT2D eigenvalue weighted by atomic mass is 10.1. The largest absolute Gasteiger partial charge is 0.361 e. The van der Waals surface area contributed by atoms with Gasteiger partial charge in [-0.05, 0) is 24.3 Å². The van der Waals surface area contributed by atoms with Crippen LogP contribution < -0.4 is 0 Å². The molecule has 2 aromatic rings. The molecule has 0 fully saturated rings. The van der Waals surface area contributed by atoms with E-state index in [0.717, 1.165) is 12.1 Å². The summed E-state index contributed by atoms with van der Waals surface area (Å²) in [6.45, 7) is 0. The van der Waals surface area contributed by atoms with Crippen molar-refractivity contribution in [2.75, 3.05) is 0 Å². The Morgan fingerprint density at radius 2 is 1.75 bits per heavy atom. The minimum atomic E-state index is -1.49. The van der Waals surface area contributed by atoms with Crippen molar-refractivity contribution in [2.24, 2.45) is 0 Å². The van der Waals surface area contributed by atoms with Gasteiger partial charge in [-0.1, -0.05) is 12.2 Å². The smallest absolute Gasteiger partial charge is 0.195 e. The zero-order chi connectivity index (χ0) is 11.7. The van der Waals surface area contributed by atoms with Gasteiger partial charge in [0.15, 0.2) is 17.5 Å². The van der Waals surface area contributed by atoms with Gasteiger partial charge in [0, 0.05) is 22.0 Å². The maximum absolute atomic E-state index is 13.4. The van der Waals surface area contributed by atoms with Crippen molar-refractivity contribution in [3.05, 3.63) is 52.4 Å². The van der Waals surface area contributed by atoms with Crippen LogP contribution in [0.2, 0.25) is 0 Å². The molecule has 5 heteroatoms. The summed E-state index contributed by atoms with van der Waals surface area (Å²) in [5, 5.41) is 0. The summed E-state index contributed by atoms with van der Waals surface area (Å²) < 4.78 is 39.6. The van der Waals surface area contributed by atoms with Gasteiger partial charge in [-0.15, -0.1) is 0 Å². The van der Waals surface area contributed by atoms with Gasteiger partial charge in [-0.3, -0.25) is 0 Å². The van der Waals surface area contributed by atoms with Gasteiger partial charge in [0.25, 0.3) is 0 Å². The number of halogens is 3. The Balaban J connectivity index is 2.66. The van der Waals surface area contributed by atoms with Crippen molar-refractivity contribution < 1.29 is 13.2 Å². The number of aromatic amines is 1. The van der Waals surface area contributed by atoms with E-state index in [1.165, 1.54) is 12.3 Å². The lowest BCUT2D eigenvalue weighted by Crippen LogP contribution is -1.95. The van der Waals surface area contributed by atoms with E-state index in [2.05, 4.69) is 4.98 Å². The molecule has 1 N–H and O–H groups in total. The second-order valence-electron chi connectivity index (χ2n) is 3.16. The summed E-state index contributed by atoms with van der Waals surface area (Å²) in [4.78, 5) is 2.72. The van der Waals surface area contributed by atoms with E-state index < -0.39 is 17.5 Å². The van der Waals surface area contributed by atoms with Crippen LogP contribution in [-0.4, -0.2) is 4.98 Å². The van der Waals surface area contributed by atoms with Crippen molar-refractivity contribution in [2.45, 2.75) is 0 Å².